The summed E-state index contributed by atoms with van der Waals surface area (Å²) in [5.41, 5.74) is 4.40. The van der Waals surface area contributed by atoms with Gasteiger partial charge in [-0.3, -0.25) is 9.69 Å². The van der Waals surface area contributed by atoms with Crippen molar-refractivity contribution in [2.75, 3.05) is 6.61 Å². The lowest BCUT2D eigenvalue weighted by atomic mass is 9.83. The molecule has 0 aromatic heterocycles. The van der Waals surface area contributed by atoms with Gasteiger partial charge in [0.2, 0.25) is 0 Å². The molecule has 6 heteroatoms. The van der Waals surface area contributed by atoms with Crippen LogP contribution in [-0.2, 0) is 9.53 Å². The highest BCUT2D eigenvalue weighted by molar-refractivity contribution is 6.44. The van der Waals surface area contributed by atoms with Crippen LogP contribution in [0.25, 0.3) is 0 Å². The third-order valence-electron chi connectivity index (χ3n) is 6.76. The minimum absolute atomic E-state index is 0.0119. The van der Waals surface area contributed by atoms with E-state index in [1.54, 1.807) is 4.90 Å². The van der Waals surface area contributed by atoms with Crippen LogP contribution in [0.2, 0.25) is 0 Å². The fourth-order valence-electron chi connectivity index (χ4n) is 5.15. The maximum Gasteiger partial charge on any atom is 0.346 e. The van der Waals surface area contributed by atoms with Crippen molar-refractivity contribution in [3.63, 3.8) is 0 Å². The second-order valence-electron chi connectivity index (χ2n) is 9.04. The van der Waals surface area contributed by atoms with Crippen LogP contribution in [0.4, 0.5) is 4.79 Å². The van der Waals surface area contributed by atoms with Crippen LogP contribution < -0.4 is 0 Å². The number of aliphatic hydroxyl groups is 1. The lowest BCUT2D eigenvalue weighted by molar-refractivity contribution is -0.111. The van der Waals surface area contributed by atoms with Gasteiger partial charge in [-0.25, -0.2) is 4.79 Å². The van der Waals surface area contributed by atoms with Crippen LogP contribution in [0.5, 0.6) is 0 Å². The molecule has 1 saturated heterocycles. The van der Waals surface area contributed by atoms with Gasteiger partial charge in [0, 0.05) is 12.8 Å². The van der Waals surface area contributed by atoms with Gasteiger partial charge in [-0.2, -0.15) is 4.99 Å². The van der Waals surface area contributed by atoms with E-state index in [9.17, 15) is 14.7 Å². The molecule has 1 N–H and O–H groups in total. The van der Waals surface area contributed by atoms with Crippen LogP contribution in [0, 0.1) is 0 Å². The normalized spacial score (nSPS) is 22.0. The van der Waals surface area contributed by atoms with Gasteiger partial charge in [-0.1, -0.05) is 84.9 Å². The lowest BCUT2D eigenvalue weighted by Gasteiger charge is -2.31. The molecule has 0 spiro atoms. The molecule has 2 heterocycles. The van der Waals surface area contributed by atoms with Crippen LogP contribution >= 0.6 is 0 Å². The van der Waals surface area contributed by atoms with Crippen LogP contribution in [0.3, 0.4) is 0 Å². The first kappa shape index (κ1) is 23.1. The molecule has 0 aliphatic carbocycles. The molecule has 178 valence electrons. The van der Waals surface area contributed by atoms with Gasteiger partial charge in [0.15, 0.2) is 5.78 Å². The topological polar surface area (TPSA) is 79.2 Å². The van der Waals surface area contributed by atoms with Gasteiger partial charge in [-0.05, 0) is 35.1 Å². The largest absolute Gasteiger partial charge is 0.394 e. The number of carbonyl (C=O) groups is 2. The lowest BCUT2D eigenvalue weighted by Crippen LogP contribution is -2.41. The summed E-state index contributed by atoms with van der Waals surface area (Å²) in [5.74, 6) is -0.252. The number of benzene rings is 3. The number of urea groups is 1. The summed E-state index contributed by atoms with van der Waals surface area (Å²) >= 11 is 0. The molecular formula is C29H28N2O4. The van der Waals surface area contributed by atoms with Gasteiger partial charge in [0.1, 0.15) is 18.0 Å². The van der Waals surface area contributed by atoms with Crippen molar-refractivity contribution in [2.45, 2.75) is 44.1 Å². The first-order valence-corrected chi connectivity index (χ1v) is 11.9. The third-order valence-corrected chi connectivity index (χ3v) is 6.76. The molecule has 5 rings (SSSR count). The molecular weight excluding hydrogens is 440 g/mol. The first-order valence-electron chi connectivity index (χ1n) is 11.9. The number of rotatable bonds is 7. The molecule has 2 aliphatic rings. The number of carbonyl (C=O) groups excluding carboxylic acids is 2. The van der Waals surface area contributed by atoms with Crippen LogP contribution in [-0.4, -0.2) is 46.5 Å². The van der Waals surface area contributed by atoms with E-state index in [0.717, 1.165) is 22.3 Å². The molecule has 6 nitrogen and oxygen atoms in total. The van der Waals surface area contributed by atoms with E-state index >= 15 is 0 Å². The quantitative estimate of drug-likeness (QED) is 0.502. The Bertz CT molecular complexity index is 1200. The Morgan fingerprint density at radius 2 is 1.60 bits per heavy atom. The Morgan fingerprint density at radius 1 is 0.971 bits per heavy atom. The minimum atomic E-state index is -0.630. The summed E-state index contributed by atoms with van der Waals surface area (Å²) in [4.78, 5) is 31.2. The molecule has 0 bridgehead atoms. The maximum atomic E-state index is 13.0. The molecule has 2 amide bonds. The second kappa shape index (κ2) is 9.94. The molecule has 1 unspecified atom stereocenters. The summed E-state index contributed by atoms with van der Waals surface area (Å²) in [6.45, 7) is 1.34. The van der Waals surface area contributed by atoms with Gasteiger partial charge in [-0.15, -0.1) is 0 Å². The van der Waals surface area contributed by atoms with E-state index in [1.807, 2.05) is 48.5 Å². The zero-order valence-electron chi connectivity index (χ0n) is 19.6. The minimum Gasteiger partial charge on any atom is -0.394 e. The standard InChI is InChI=1S/C29H28N2O4/c1-19(33)27-28(31(29(34)30-27)25-16-15-24(18-32)35-25)23-14-8-13-22(17-23)26(20-9-4-2-5-10-20)21-11-6-3-7-12-21/h2-14,17,24-26,28,32H,15-16,18H2,1H3/t24-,25+,28?/m0/s1. The predicted molar refractivity (Wildman–Crippen MR) is 133 cm³/mol. The van der Waals surface area contributed by atoms with Crippen molar-refractivity contribution >= 4 is 17.5 Å². The summed E-state index contributed by atoms with van der Waals surface area (Å²) < 4.78 is 5.93. The Balaban J connectivity index is 1.58. The van der Waals surface area contributed by atoms with Crippen molar-refractivity contribution in [1.82, 2.24) is 4.90 Å². The highest BCUT2D eigenvalue weighted by Crippen LogP contribution is 2.38. The summed E-state index contributed by atoms with van der Waals surface area (Å²) in [6, 6.07) is 27.5. The van der Waals surface area contributed by atoms with Crippen LogP contribution in [0.15, 0.2) is 89.9 Å². The van der Waals surface area contributed by atoms with Gasteiger partial charge in [0.05, 0.1) is 12.7 Å². The molecule has 1 fully saturated rings. The van der Waals surface area contributed by atoms with Crippen molar-refractivity contribution in [3.05, 3.63) is 107 Å². The number of hydrogen-bond acceptors (Lipinski definition) is 4. The Morgan fingerprint density at radius 3 is 2.17 bits per heavy atom. The molecule has 35 heavy (non-hydrogen) atoms. The average molecular weight is 469 g/mol. The number of Topliss-reactive ketones (excluding diaryl/α,β-unsaturated/α-hetero) is 1. The van der Waals surface area contributed by atoms with Gasteiger partial charge < -0.3 is 9.84 Å². The molecule has 0 radical (unpaired) electrons. The van der Waals surface area contributed by atoms with Crippen LogP contribution in [0.1, 0.15) is 54.0 Å². The number of hydrogen-bond donors (Lipinski definition) is 1. The Labute approximate surface area is 204 Å². The zero-order chi connectivity index (χ0) is 24.4. The SMILES string of the molecule is CC(=O)C1=NC(=O)N([C@H]2CC[C@@H](CO)O2)C1c1cccc(C(c2ccccc2)c2ccccc2)c1. The Kier molecular flexibility index (Phi) is 6.57. The van der Waals surface area contributed by atoms with Crippen molar-refractivity contribution in [2.24, 2.45) is 4.99 Å². The summed E-state index contributed by atoms with van der Waals surface area (Å²) in [5, 5.41) is 9.52. The summed E-state index contributed by atoms with van der Waals surface area (Å²) in [6.07, 6.45) is 0.386. The highest BCUT2D eigenvalue weighted by atomic mass is 16.5. The fourth-order valence-corrected chi connectivity index (χ4v) is 5.15. The predicted octanol–water partition coefficient (Wildman–Crippen LogP) is 4.87. The van der Waals surface area contributed by atoms with E-state index in [1.165, 1.54) is 6.92 Å². The molecule has 3 aromatic carbocycles. The zero-order valence-corrected chi connectivity index (χ0v) is 19.6. The number of amides is 2. The molecule has 2 aliphatic heterocycles. The molecule has 3 atom stereocenters. The molecule has 3 aromatic rings. The fraction of sp³-hybridized carbons (Fsp3) is 0.276. The number of ether oxygens (including phenoxy) is 1. The number of aliphatic hydroxyl groups excluding tert-OH is 1. The maximum absolute atomic E-state index is 13.0. The number of aliphatic imine (C=N–C) groups is 1. The van der Waals surface area contributed by atoms with E-state index < -0.39 is 18.3 Å². The number of ketones is 1. The highest BCUT2D eigenvalue weighted by Gasteiger charge is 2.45. The smallest absolute Gasteiger partial charge is 0.346 e. The second-order valence-corrected chi connectivity index (χ2v) is 9.04. The number of nitrogens with zero attached hydrogens (tertiary/aromatic N) is 2. The average Bonchev–Trinajstić information content (AvgIpc) is 3.50. The Hall–Kier alpha value is -3.61. The van der Waals surface area contributed by atoms with Crippen molar-refractivity contribution < 1.29 is 19.4 Å². The van der Waals surface area contributed by atoms with E-state index in [-0.39, 0.29) is 30.1 Å². The third kappa shape index (κ3) is 4.55. The van der Waals surface area contributed by atoms with Gasteiger partial charge >= 0.3 is 6.03 Å². The monoisotopic (exact) mass is 468 g/mol. The van der Waals surface area contributed by atoms with Crippen molar-refractivity contribution in [3.8, 4) is 0 Å². The van der Waals surface area contributed by atoms with Crippen molar-refractivity contribution in [1.29, 1.82) is 0 Å². The van der Waals surface area contributed by atoms with Gasteiger partial charge in [0.25, 0.3) is 0 Å². The molecule has 0 saturated carbocycles. The summed E-state index contributed by atoms with van der Waals surface area (Å²) in [7, 11) is 0. The van der Waals surface area contributed by atoms with E-state index in [2.05, 4.69) is 41.4 Å². The van der Waals surface area contributed by atoms with E-state index in [4.69, 9.17) is 4.74 Å². The van der Waals surface area contributed by atoms with E-state index in [0.29, 0.717) is 12.8 Å². The first-order chi connectivity index (χ1) is 17.1.